The molecule has 2 atom stereocenters. The van der Waals surface area contributed by atoms with Crippen LogP contribution in [0.2, 0.25) is 0 Å². The van der Waals surface area contributed by atoms with Crippen LogP contribution in [0.5, 0.6) is 0 Å². The molecular formula is C14H28N2O. The molecule has 0 aromatic rings. The van der Waals surface area contributed by atoms with Crippen LogP contribution in [0.15, 0.2) is 0 Å². The Labute approximate surface area is 106 Å². The van der Waals surface area contributed by atoms with Gasteiger partial charge in [-0.3, -0.25) is 0 Å². The van der Waals surface area contributed by atoms with Crippen LogP contribution in [0, 0.1) is 5.41 Å². The quantitative estimate of drug-likeness (QED) is 0.783. The minimum absolute atomic E-state index is 0.0124. The first-order chi connectivity index (χ1) is 8.02. The molecule has 2 heterocycles. The van der Waals surface area contributed by atoms with Gasteiger partial charge in [0.25, 0.3) is 0 Å². The molecule has 100 valence electrons. The summed E-state index contributed by atoms with van der Waals surface area (Å²) >= 11 is 0. The molecule has 0 aromatic carbocycles. The Morgan fingerprint density at radius 3 is 2.35 bits per heavy atom. The topological polar surface area (TPSA) is 35.5 Å². The maximum atomic E-state index is 9.28. The van der Waals surface area contributed by atoms with E-state index in [1.54, 1.807) is 0 Å². The fourth-order valence-corrected chi connectivity index (χ4v) is 3.26. The summed E-state index contributed by atoms with van der Waals surface area (Å²) in [4.78, 5) is 2.60. The van der Waals surface area contributed by atoms with Gasteiger partial charge >= 0.3 is 0 Å². The van der Waals surface area contributed by atoms with Crippen molar-refractivity contribution in [2.24, 2.45) is 5.41 Å². The molecule has 2 aliphatic heterocycles. The van der Waals surface area contributed by atoms with Crippen LogP contribution in [0.3, 0.4) is 0 Å². The summed E-state index contributed by atoms with van der Waals surface area (Å²) in [5, 5.41) is 13.0. The minimum Gasteiger partial charge on any atom is -0.396 e. The molecule has 2 saturated heterocycles. The third-order valence-corrected chi connectivity index (χ3v) is 4.64. The fraction of sp³-hybridized carbons (Fsp3) is 1.00. The van der Waals surface area contributed by atoms with Crippen molar-refractivity contribution in [1.29, 1.82) is 0 Å². The highest BCUT2D eigenvalue weighted by Gasteiger charge is 2.36. The van der Waals surface area contributed by atoms with Crippen molar-refractivity contribution in [2.75, 3.05) is 20.2 Å². The summed E-state index contributed by atoms with van der Waals surface area (Å²) in [5.41, 5.74) is 0.0124. The predicted molar refractivity (Wildman–Crippen MR) is 71.1 cm³/mol. The molecule has 0 aromatic heterocycles. The van der Waals surface area contributed by atoms with Crippen LogP contribution in [0.1, 0.15) is 46.0 Å². The first-order valence-electron chi connectivity index (χ1n) is 7.08. The molecule has 2 aliphatic rings. The fourth-order valence-electron chi connectivity index (χ4n) is 3.26. The van der Waals surface area contributed by atoms with Crippen molar-refractivity contribution in [3.05, 3.63) is 0 Å². The molecule has 0 amide bonds. The molecule has 0 spiro atoms. The van der Waals surface area contributed by atoms with Gasteiger partial charge in [0, 0.05) is 36.7 Å². The van der Waals surface area contributed by atoms with Gasteiger partial charge < -0.3 is 15.3 Å². The zero-order chi connectivity index (χ0) is 12.5. The smallest absolute Gasteiger partial charge is 0.0494 e. The third-order valence-electron chi connectivity index (χ3n) is 4.64. The molecular weight excluding hydrogens is 212 g/mol. The summed E-state index contributed by atoms with van der Waals surface area (Å²) in [6.07, 6.45) is 6.72. The standard InChI is InChI=1S/C14H28N2O/c1-14(2,10-17)9-15-11-7-12-5-4-6-13(8-11)16(12)3/h11-13,15,17H,4-10H2,1-3H3. The van der Waals surface area contributed by atoms with E-state index in [9.17, 15) is 5.11 Å². The molecule has 2 unspecified atom stereocenters. The second-order valence-corrected chi connectivity index (χ2v) is 6.78. The highest BCUT2D eigenvalue weighted by molar-refractivity contribution is 4.93. The lowest BCUT2D eigenvalue weighted by Crippen LogP contribution is -2.55. The van der Waals surface area contributed by atoms with Crippen molar-refractivity contribution in [3.63, 3.8) is 0 Å². The molecule has 2 fully saturated rings. The largest absolute Gasteiger partial charge is 0.396 e. The van der Waals surface area contributed by atoms with Gasteiger partial charge in [-0.05, 0) is 32.7 Å². The van der Waals surface area contributed by atoms with E-state index in [1.165, 1.54) is 32.1 Å². The number of nitrogens with one attached hydrogen (secondary N) is 1. The average Bonchev–Trinajstić information content (AvgIpc) is 2.27. The van der Waals surface area contributed by atoms with Crippen LogP contribution in [0.25, 0.3) is 0 Å². The predicted octanol–water partition coefficient (Wildman–Crippen LogP) is 1.61. The number of aliphatic hydroxyl groups is 1. The summed E-state index contributed by atoms with van der Waals surface area (Å²) in [6, 6.07) is 2.24. The van der Waals surface area contributed by atoms with Crippen LogP contribution in [-0.4, -0.2) is 48.3 Å². The highest BCUT2D eigenvalue weighted by atomic mass is 16.3. The van der Waals surface area contributed by atoms with Crippen molar-refractivity contribution >= 4 is 0 Å². The van der Waals surface area contributed by atoms with E-state index in [0.717, 1.165) is 18.6 Å². The molecule has 2 rings (SSSR count). The van der Waals surface area contributed by atoms with E-state index in [2.05, 4.69) is 31.1 Å². The summed E-state index contributed by atoms with van der Waals surface area (Å²) in [6.45, 7) is 5.43. The minimum atomic E-state index is 0.0124. The summed E-state index contributed by atoms with van der Waals surface area (Å²) in [5.74, 6) is 0. The Hall–Kier alpha value is -0.120. The first-order valence-corrected chi connectivity index (χ1v) is 7.08. The van der Waals surface area contributed by atoms with Gasteiger partial charge in [0.15, 0.2) is 0 Å². The van der Waals surface area contributed by atoms with E-state index in [-0.39, 0.29) is 12.0 Å². The SMILES string of the molecule is CN1C2CCCC1CC(NCC(C)(C)CO)C2. The van der Waals surface area contributed by atoms with Gasteiger partial charge in [0.05, 0.1) is 0 Å². The molecule has 3 heteroatoms. The first kappa shape index (κ1) is 13.3. The van der Waals surface area contributed by atoms with E-state index in [1.807, 2.05) is 0 Å². The molecule has 17 heavy (non-hydrogen) atoms. The number of rotatable bonds is 4. The maximum absolute atomic E-state index is 9.28. The van der Waals surface area contributed by atoms with Gasteiger partial charge in [-0.1, -0.05) is 20.3 Å². The second kappa shape index (κ2) is 5.25. The Balaban J connectivity index is 1.84. The number of hydrogen-bond acceptors (Lipinski definition) is 3. The lowest BCUT2D eigenvalue weighted by Gasteiger charge is -2.47. The van der Waals surface area contributed by atoms with Crippen LogP contribution >= 0.6 is 0 Å². The van der Waals surface area contributed by atoms with Gasteiger partial charge in [0.1, 0.15) is 0 Å². The van der Waals surface area contributed by atoms with Crippen molar-refractivity contribution < 1.29 is 5.11 Å². The van der Waals surface area contributed by atoms with Crippen LogP contribution in [0.4, 0.5) is 0 Å². The second-order valence-electron chi connectivity index (χ2n) is 6.78. The maximum Gasteiger partial charge on any atom is 0.0494 e. The van der Waals surface area contributed by atoms with Crippen molar-refractivity contribution in [2.45, 2.75) is 64.1 Å². The average molecular weight is 240 g/mol. The van der Waals surface area contributed by atoms with Gasteiger partial charge in [-0.15, -0.1) is 0 Å². The monoisotopic (exact) mass is 240 g/mol. The summed E-state index contributed by atoms with van der Waals surface area (Å²) < 4.78 is 0. The normalized spacial score (nSPS) is 34.9. The number of hydrogen-bond donors (Lipinski definition) is 2. The van der Waals surface area contributed by atoms with Gasteiger partial charge in [0.2, 0.25) is 0 Å². The zero-order valence-electron chi connectivity index (χ0n) is 11.6. The number of piperidine rings is 2. The lowest BCUT2D eigenvalue weighted by atomic mass is 9.82. The van der Waals surface area contributed by atoms with E-state index in [4.69, 9.17) is 0 Å². The lowest BCUT2D eigenvalue weighted by molar-refractivity contribution is 0.0440. The molecule has 2 bridgehead atoms. The molecule has 2 N–H and O–H groups in total. The zero-order valence-corrected chi connectivity index (χ0v) is 11.6. The Kier molecular flexibility index (Phi) is 4.11. The van der Waals surface area contributed by atoms with E-state index >= 15 is 0 Å². The molecule has 0 radical (unpaired) electrons. The number of nitrogens with zero attached hydrogens (tertiary/aromatic N) is 1. The third kappa shape index (κ3) is 3.21. The Bertz CT molecular complexity index is 241. The van der Waals surface area contributed by atoms with Gasteiger partial charge in [-0.25, -0.2) is 0 Å². The number of fused-ring (bicyclic) bond motifs is 2. The van der Waals surface area contributed by atoms with E-state index in [0.29, 0.717) is 6.04 Å². The van der Waals surface area contributed by atoms with Gasteiger partial charge in [-0.2, -0.15) is 0 Å². The Morgan fingerprint density at radius 2 is 1.82 bits per heavy atom. The number of aliphatic hydroxyl groups excluding tert-OH is 1. The molecule has 3 nitrogen and oxygen atoms in total. The van der Waals surface area contributed by atoms with Crippen molar-refractivity contribution in [1.82, 2.24) is 10.2 Å². The van der Waals surface area contributed by atoms with Crippen LogP contribution < -0.4 is 5.32 Å². The highest BCUT2D eigenvalue weighted by Crippen LogP contribution is 2.32. The summed E-state index contributed by atoms with van der Waals surface area (Å²) in [7, 11) is 2.29. The molecule has 0 aliphatic carbocycles. The van der Waals surface area contributed by atoms with E-state index < -0.39 is 0 Å². The van der Waals surface area contributed by atoms with Crippen molar-refractivity contribution in [3.8, 4) is 0 Å². The van der Waals surface area contributed by atoms with Crippen LogP contribution in [-0.2, 0) is 0 Å². The Morgan fingerprint density at radius 1 is 1.24 bits per heavy atom. The molecule has 0 saturated carbocycles.